The zero-order valence-corrected chi connectivity index (χ0v) is 12.9. The Labute approximate surface area is 130 Å². The number of benzene rings is 1. The van der Waals surface area contributed by atoms with E-state index >= 15 is 0 Å². The highest BCUT2D eigenvalue weighted by atomic mass is 35.5. The molecule has 2 atom stereocenters. The summed E-state index contributed by atoms with van der Waals surface area (Å²) in [5.41, 5.74) is 0.830. The van der Waals surface area contributed by atoms with Gasteiger partial charge in [-0.15, -0.1) is 11.6 Å². The summed E-state index contributed by atoms with van der Waals surface area (Å²) in [4.78, 5) is 25.5. The molecule has 1 fully saturated rings. The first-order chi connectivity index (χ1) is 10.1. The van der Waals surface area contributed by atoms with Crippen molar-refractivity contribution in [1.29, 1.82) is 0 Å². The minimum absolute atomic E-state index is 0.0275. The Hall–Kier alpha value is -1.55. The van der Waals surface area contributed by atoms with Crippen LogP contribution in [0.15, 0.2) is 30.3 Å². The van der Waals surface area contributed by atoms with E-state index in [2.05, 4.69) is 0 Å². The van der Waals surface area contributed by atoms with E-state index in [1.165, 1.54) is 6.92 Å². The van der Waals surface area contributed by atoms with Crippen LogP contribution in [0.3, 0.4) is 0 Å². The number of carbonyl (C=O) groups is 2. The standard InChI is InChI=1S/C16H20ClNO3/c1-12(19)21-15-9-5-8-14(15)18(16(20)10-11-17)13-6-3-2-4-7-13/h2-4,6-7,14-15H,5,8-11H2,1H3. The molecule has 0 heterocycles. The van der Waals surface area contributed by atoms with E-state index in [1.807, 2.05) is 30.3 Å². The fourth-order valence-corrected chi connectivity index (χ4v) is 3.02. The average Bonchev–Trinajstić information content (AvgIpc) is 2.88. The van der Waals surface area contributed by atoms with Gasteiger partial charge in [0.05, 0.1) is 6.04 Å². The highest BCUT2D eigenvalue weighted by Crippen LogP contribution is 2.31. The van der Waals surface area contributed by atoms with E-state index in [1.54, 1.807) is 4.90 Å². The second-order valence-electron chi connectivity index (χ2n) is 5.18. The number of nitrogens with zero attached hydrogens (tertiary/aromatic N) is 1. The lowest BCUT2D eigenvalue weighted by Crippen LogP contribution is -2.46. The van der Waals surface area contributed by atoms with Crippen molar-refractivity contribution in [3.8, 4) is 0 Å². The van der Waals surface area contributed by atoms with E-state index in [0.29, 0.717) is 0 Å². The summed E-state index contributed by atoms with van der Waals surface area (Å²) in [7, 11) is 0. The molecule has 1 aromatic rings. The summed E-state index contributed by atoms with van der Waals surface area (Å²) in [6, 6.07) is 9.39. The van der Waals surface area contributed by atoms with E-state index in [-0.39, 0.29) is 36.3 Å². The first kappa shape index (κ1) is 15.8. The quantitative estimate of drug-likeness (QED) is 0.620. The van der Waals surface area contributed by atoms with E-state index in [4.69, 9.17) is 16.3 Å². The van der Waals surface area contributed by atoms with Crippen molar-refractivity contribution in [1.82, 2.24) is 0 Å². The number of carbonyl (C=O) groups excluding carboxylic acids is 2. The Kier molecular flexibility index (Phi) is 5.62. The Bertz CT molecular complexity index is 492. The molecular formula is C16H20ClNO3. The third kappa shape index (κ3) is 3.97. The van der Waals surface area contributed by atoms with Gasteiger partial charge in [-0.3, -0.25) is 9.59 Å². The number of ether oxygens (including phenoxy) is 1. The molecule has 4 nitrogen and oxygen atoms in total. The van der Waals surface area contributed by atoms with Crippen LogP contribution in [0.1, 0.15) is 32.6 Å². The maximum Gasteiger partial charge on any atom is 0.302 e. The number of rotatable bonds is 5. The fraction of sp³-hybridized carbons (Fsp3) is 0.500. The Morgan fingerprint density at radius 1 is 1.29 bits per heavy atom. The molecule has 1 aliphatic carbocycles. The van der Waals surface area contributed by atoms with Gasteiger partial charge in [-0.25, -0.2) is 0 Å². The summed E-state index contributed by atoms with van der Waals surface area (Å²) < 4.78 is 5.39. The second kappa shape index (κ2) is 7.46. The van der Waals surface area contributed by atoms with E-state index < -0.39 is 0 Å². The molecule has 1 aliphatic rings. The summed E-state index contributed by atoms with van der Waals surface area (Å²) >= 11 is 5.72. The van der Waals surface area contributed by atoms with Crippen molar-refractivity contribution in [2.45, 2.75) is 44.8 Å². The summed E-state index contributed by atoms with van der Waals surface area (Å²) in [5, 5.41) is 0. The Morgan fingerprint density at radius 2 is 2.00 bits per heavy atom. The van der Waals surface area contributed by atoms with Crippen LogP contribution >= 0.6 is 11.6 Å². The van der Waals surface area contributed by atoms with Crippen molar-refractivity contribution in [3.05, 3.63) is 30.3 Å². The van der Waals surface area contributed by atoms with E-state index in [0.717, 1.165) is 24.9 Å². The number of anilines is 1. The number of hydrogen-bond acceptors (Lipinski definition) is 3. The van der Waals surface area contributed by atoms with Crippen LogP contribution in [0.25, 0.3) is 0 Å². The molecule has 0 aromatic heterocycles. The lowest BCUT2D eigenvalue weighted by atomic mass is 10.1. The number of alkyl halides is 1. The molecule has 0 bridgehead atoms. The number of amides is 1. The molecule has 114 valence electrons. The van der Waals surface area contributed by atoms with Crippen LogP contribution in [0.5, 0.6) is 0 Å². The van der Waals surface area contributed by atoms with Crippen molar-refractivity contribution in [3.63, 3.8) is 0 Å². The highest BCUT2D eigenvalue weighted by molar-refractivity contribution is 6.19. The zero-order chi connectivity index (χ0) is 15.2. The van der Waals surface area contributed by atoms with Crippen LogP contribution in [0.4, 0.5) is 5.69 Å². The predicted molar refractivity (Wildman–Crippen MR) is 82.5 cm³/mol. The van der Waals surface area contributed by atoms with Crippen LogP contribution < -0.4 is 4.90 Å². The van der Waals surface area contributed by atoms with Crippen molar-refractivity contribution < 1.29 is 14.3 Å². The van der Waals surface area contributed by atoms with Gasteiger partial charge in [-0.1, -0.05) is 18.2 Å². The highest BCUT2D eigenvalue weighted by Gasteiger charge is 2.37. The predicted octanol–water partition coefficient (Wildman–Crippen LogP) is 3.13. The van der Waals surface area contributed by atoms with Crippen LogP contribution in [-0.4, -0.2) is 29.9 Å². The smallest absolute Gasteiger partial charge is 0.302 e. The average molecular weight is 310 g/mol. The zero-order valence-electron chi connectivity index (χ0n) is 12.1. The summed E-state index contributed by atoms with van der Waals surface area (Å²) in [6.07, 6.45) is 2.62. The molecule has 1 aromatic carbocycles. The molecule has 2 unspecified atom stereocenters. The van der Waals surface area contributed by atoms with Gasteiger partial charge in [0.25, 0.3) is 0 Å². The molecule has 5 heteroatoms. The summed E-state index contributed by atoms with van der Waals surface area (Å²) in [5.74, 6) is -0.0439. The van der Waals surface area contributed by atoms with Gasteiger partial charge in [0, 0.05) is 24.9 Å². The van der Waals surface area contributed by atoms with Crippen LogP contribution in [-0.2, 0) is 14.3 Å². The van der Waals surface area contributed by atoms with E-state index in [9.17, 15) is 9.59 Å². The Morgan fingerprint density at radius 3 is 2.62 bits per heavy atom. The molecular weight excluding hydrogens is 290 g/mol. The van der Waals surface area contributed by atoms with Crippen molar-refractivity contribution in [2.24, 2.45) is 0 Å². The normalized spacial score (nSPS) is 21.0. The van der Waals surface area contributed by atoms with Crippen molar-refractivity contribution in [2.75, 3.05) is 10.8 Å². The third-order valence-corrected chi connectivity index (χ3v) is 3.87. The van der Waals surface area contributed by atoms with Gasteiger partial charge in [0.2, 0.25) is 5.91 Å². The summed E-state index contributed by atoms with van der Waals surface area (Å²) in [6.45, 7) is 1.41. The molecule has 0 aliphatic heterocycles. The first-order valence-electron chi connectivity index (χ1n) is 7.23. The Balaban J connectivity index is 2.26. The van der Waals surface area contributed by atoms with Gasteiger partial charge >= 0.3 is 5.97 Å². The second-order valence-corrected chi connectivity index (χ2v) is 5.56. The SMILES string of the molecule is CC(=O)OC1CCCC1N(C(=O)CCCl)c1ccccc1. The fourth-order valence-electron chi connectivity index (χ4n) is 2.86. The lowest BCUT2D eigenvalue weighted by molar-refractivity contribution is -0.147. The molecule has 0 saturated heterocycles. The molecule has 2 rings (SSSR count). The monoisotopic (exact) mass is 309 g/mol. The topological polar surface area (TPSA) is 46.6 Å². The van der Waals surface area contributed by atoms with Crippen LogP contribution in [0, 0.1) is 0 Å². The maximum absolute atomic E-state index is 12.5. The first-order valence-corrected chi connectivity index (χ1v) is 7.77. The number of para-hydroxylation sites is 1. The van der Waals surface area contributed by atoms with Gasteiger partial charge in [0.15, 0.2) is 0 Å². The number of esters is 1. The minimum Gasteiger partial charge on any atom is -0.460 e. The molecule has 1 saturated carbocycles. The van der Waals surface area contributed by atoms with Gasteiger partial charge in [0.1, 0.15) is 6.10 Å². The molecule has 0 N–H and O–H groups in total. The molecule has 1 amide bonds. The van der Waals surface area contributed by atoms with Crippen LogP contribution in [0.2, 0.25) is 0 Å². The van der Waals surface area contributed by atoms with Gasteiger partial charge < -0.3 is 9.64 Å². The molecule has 0 spiro atoms. The molecule has 21 heavy (non-hydrogen) atoms. The molecule has 0 radical (unpaired) electrons. The largest absolute Gasteiger partial charge is 0.460 e. The lowest BCUT2D eigenvalue weighted by Gasteiger charge is -2.32. The third-order valence-electron chi connectivity index (χ3n) is 3.68. The number of hydrogen-bond donors (Lipinski definition) is 0. The van der Waals surface area contributed by atoms with Crippen molar-refractivity contribution >= 4 is 29.2 Å². The van der Waals surface area contributed by atoms with Gasteiger partial charge in [-0.05, 0) is 31.4 Å². The van der Waals surface area contributed by atoms with Gasteiger partial charge in [-0.2, -0.15) is 0 Å². The minimum atomic E-state index is -0.301. The maximum atomic E-state index is 12.5. The number of halogens is 1.